The largest absolute Gasteiger partial charge is 0.493 e. The van der Waals surface area contributed by atoms with Crippen LogP contribution in [0, 0.1) is 0 Å². The van der Waals surface area contributed by atoms with Crippen molar-refractivity contribution < 1.29 is 18.9 Å². The SMILES string of the molecule is COc1ccc(C(N)CCC(C)(C)OC)c(OC)c1OC. The van der Waals surface area contributed by atoms with Crippen LogP contribution in [0.2, 0.25) is 0 Å². The molecule has 0 aliphatic carbocycles. The van der Waals surface area contributed by atoms with Crippen LogP contribution in [-0.4, -0.2) is 34.0 Å². The number of ether oxygens (including phenoxy) is 4. The molecule has 21 heavy (non-hydrogen) atoms. The molecule has 120 valence electrons. The number of benzene rings is 1. The Balaban J connectivity index is 3.01. The first-order chi connectivity index (χ1) is 9.90. The molecule has 0 radical (unpaired) electrons. The van der Waals surface area contributed by atoms with Gasteiger partial charge in [0.2, 0.25) is 5.75 Å². The van der Waals surface area contributed by atoms with Crippen molar-refractivity contribution in [3.63, 3.8) is 0 Å². The van der Waals surface area contributed by atoms with Crippen molar-refractivity contribution in [1.29, 1.82) is 0 Å². The Kier molecular flexibility index (Phi) is 6.30. The number of hydrogen-bond acceptors (Lipinski definition) is 5. The third kappa shape index (κ3) is 4.25. The second-order valence-electron chi connectivity index (χ2n) is 5.53. The van der Waals surface area contributed by atoms with E-state index in [4.69, 9.17) is 24.7 Å². The Labute approximate surface area is 127 Å². The second kappa shape index (κ2) is 7.52. The van der Waals surface area contributed by atoms with Gasteiger partial charge in [0.15, 0.2) is 11.5 Å². The van der Waals surface area contributed by atoms with Crippen LogP contribution in [0.4, 0.5) is 0 Å². The summed E-state index contributed by atoms with van der Waals surface area (Å²) >= 11 is 0. The third-order valence-corrected chi connectivity index (χ3v) is 3.74. The first-order valence-corrected chi connectivity index (χ1v) is 6.99. The Bertz CT molecular complexity index is 460. The smallest absolute Gasteiger partial charge is 0.203 e. The molecular formula is C16H27NO4. The van der Waals surface area contributed by atoms with E-state index in [1.165, 1.54) is 0 Å². The lowest BCUT2D eigenvalue weighted by Gasteiger charge is -2.25. The second-order valence-corrected chi connectivity index (χ2v) is 5.53. The molecule has 2 N–H and O–H groups in total. The normalized spacial score (nSPS) is 12.9. The zero-order valence-corrected chi connectivity index (χ0v) is 13.9. The van der Waals surface area contributed by atoms with Crippen molar-refractivity contribution in [2.24, 2.45) is 5.73 Å². The first-order valence-electron chi connectivity index (χ1n) is 6.99. The standard InChI is InChI=1S/C16H27NO4/c1-16(2,21-6)10-9-12(17)11-7-8-13(18-3)15(20-5)14(11)19-4/h7-8,12H,9-10,17H2,1-6H3. The minimum atomic E-state index is -0.193. The minimum Gasteiger partial charge on any atom is -0.493 e. The summed E-state index contributed by atoms with van der Waals surface area (Å²) in [5.41, 5.74) is 7.03. The van der Waals surface area contributed by atoms with Crippen LogP contribution in [0.3, 0.4) is 0 Å². The predicted octanol–water partition coefficient (Wildman–Crippen LogP) is 2.92. The lowest BCUT2D eigenvalue weighted by atomic mass is 9.94. The fourth-order valence-corrected chi connectivity index (χ4v) is 2.18. The third-order valence-electron chi connectivity index (χ3n) is 3.74. The molecule has 0 aliphatic heterocycles. The van der Waals surface area contributed by atoms with Crippen LogP contribution in [-0.2, 0) is 4.74 Å². The van der Waals surface area contributed by atoms with E-state index in [-0.39, 0.29) is 11.6 Å². The molecule has 1 atom stereocenters. The molecule has 5 nitrogen and oxygen atoms in total. The van der Waals surface area contributed by atoms with Gasteiger partial charge in [-0.3, -0.25) is 0 Å². The zero-order valence-electron chi connectivity index (χ0n) is 13.9. The molecule has 1 unspecified atom stereocenters. The maximum absolute atomic E-state index is 6.32. The molecule has 0 spiro atoms. The Morgan fingerprint density at radius 2 is 1.62 bits per heavy atom. The van der Waals surface area contributed by atoms with E-state index in [1.54, 1.807) is 28.4 Å². The van der Waals surface area contributed by atoms with Gasteiger partial charge in [-0.2, -0.15) is 0 Å². The van der Waals surface area contributed by atoms with Crippen molar-refractivity contribution in [3.8, 4) is 17.2 Å². The number of rotatable bonds is 8. The molecule has 0 bridgehead atoms. The Morgan fingerprint density at radius 1 is 1.00 bits per heavy atom. The minimum absolute atomic E-state index is 0.158. The molecule has 0 amide bonds. The fourth-order valence-electron chi connectivity index (χ4n) is 2.18. The highest BCUT2D eigenvalue weighted by atomic mass is 16.5. The highest BCUT2D eigenvalue weighted by Crippen LogP contribution is 2.42. The van der Waals surface area contributed by atoms with Crippen LogP contribution in [0.1, 0.15) is 38.3 Å². The van der Waals surface area contributed by atoms with E-state index in [0.717, 1.165) is 18.4 Å². The van der Waals surface area contributed by atoms with Gasteiger partial charge in [0.25, 0.3) is 0 Å². The maximum Gasteiger partial charge on any atom is 0.203 e. The van der Waals surface area contributed by atoms with E-state index in [0.29, 0.717) is 17.2 Å². The molecule has 0 saturated heterocycles. The molecule has 0 heterocycles. The number of hydrogen-bond donors (Lipinski definition) is 1. The van der Waals surface area contributed by atoms with Gasteiger partial charge in [-0.1, -0.05) is 0 Å². The molecule has 0 aliphatic rings. The van der Waals surface area contributed by atoms with Gasteiger partial charge in [0.1, 0.15) is 0 Å². The van der Waals surface area contributed by atoms with E-state index in [2.05, 4.69) is 0 Å². The van der Waals surface area contributed by atoms with E-state index in [9.17, 15) is 0 Å². The first kappa shape index (κ1) is 17.6. The molecular weight excluding hydrogens is 270 g/mol. The van der Waals surface area contributed by atoms with Crippen LogP contribution in [0.25, 0.3) is 0 Å². The van der Waals surface area contributed by atoms with Gasteiger partial charge in [-0.15, -0.1) is 0 Å². The number of methoxy groups -OCH3 is 4. The quantitative estimate of drug-likeness (QED) is 0.799. The zero-order chi connectivity index (χ0) is 16.0. The van der Waals surface area contributed by atoms with Crippen LogP contribution >= 0.6 is 0 Å². The van der Waals surface area contributed by atoms with E-state index >= 15 is 0 Å². The van der Waals surface area contributed by atoms with Crippen molar-refractivity contribution in [2.45, 2.75) is 38.3 Å². The Morgan fingerprint density at radius 3 is 2.10 bits per heavy atom. The lowest BCUT2D eigenvalue weighted by molar-refractivity contribution is 0.0124. The van der Waals surface area contributed by atoms with Gasteiger partial charge >= 0.3 is 0 Å². The summed E-state index contributed by atoms with van der Waals surface area (Å²) in [4.78, 5) is 0. The summed E-state index contributed by atoms with van der Waals surface area (Å²) in [5, 5.41) is 0. The topological polar surface area (TPSA) is 62.9 Å². The van der Waals surface area contributed by atoms with Crippen molar-refractivity contribution >= 4 is 0 Å². The molecule has 1 aromatic carbocycles. The van der Waals surface area contributed by atoms with E-state index < -0.39 is 0 Å². The van der Waals surface area contributed by atoms with Gasteiger partial charge in [0.05, 0.1) is 26.9 Å². The van der Waals surface area contributed by atoms with Crippen LogP contribution < -0.4 is 19.9 Å². The summed E-state index contributed by atoms with van der Waals surface area (Å²) < 4.78 is 21.6. The average Bonchev–Trinajstić information content (AvgIpc) is 2.50. The van der Waals surface area contributed by atoms with Crippen molar-refractivity contribution in [1.82, 2.24) is 0 Å². The van der Waals surface area contributed by atoms with Gasteiger partial charge in [-0.05, 0) is 38.8 Å². The fraction of sp³-hybridized carbons (Fsp3) is 0.625. The van der Waals surface area contributed by atoms with Crippen LogP contribution in [0.5, 0.6) is 17.2 Å². The summed E-state index contributed by atoms with van der Waals surface area (Å²) in [7, 11) is 6.50. The molecule has 1 rings (SSSR count). The summed E-state index contributed by atoms with van der Waals surface area (Å²) in [6.45, 7) is 4.09. The van der Waals surface area contributed by atoms with Crippen LogP contribution in [0.15, 0.2) is 12.1 Å². The monoisotopic (exact) mass is 297 g/mol. The summed E-state index contributed by atoms with van der Waals surface area (Å²) in [5.74, 6) is 1.82. The summed E-state index contributed by atoms with van der Waals surface area (Å²) in [6.07, 6.45) is 1.63. The molecule has 0 aromatic heterocycles. The molecule has 0 saturated carbocycles. The number of nitrogens with two attached hydrogens (primary N) is 1. The predicted molar refractivity (Wildman–Crippen MR) is 83.3 cm³/mol. The van der Waals surface area contributed by atoms with Crippen molar-refractivity contribution in [2.75, 3.05) is 28.4 Å². The summed E-state index contributed by atoms with van der Waals surface area (Å²) in [6, 6.07) is 3.61. The Hall–Kier alpha value is -1.46. The molecule has 0 fully saturated rings. The average molecular weight is 297 g/mol. The lowest BCUT2D eigenvalue weighted by Crippen LogP contribution is -2.24. The van der Waals surface area contributed by atoms with Gasteiger partial charge in [0, 0.05) is 18.7 Å². The molecule has 5 heteroatoms. The molecule has 1 aromatic rings. The van der Waals surface area contributed by atoms with Gasteiger partial charge in [-0.25, -0.2) is 0 Å². The highest BCUT2D eigenvalue weighted by Gasteiger charge is 2.23. The van der Waals surface area contributed by atoms with E-state index in [1.807, 2.05) is 26.0 Å². The highest BCUT2D eigenvalue weighted by molar-refractivity contribution is 5.56. The van der Waals surface area contributed by atoms with Crippen molar-refractivity contribution in [3.05, 3.63) is 17.7 Å². The maximum atomic E-state index is 6.32. The van der Waals surface area contributed by atoms with Gasteiger partial charge < -0.3 is 24.7 Å².